The number of pyridine rings is 1. The quantitative estimate of drug-likeness (QED) is 0.634. The summed E-state index contributed by atoms with van der Waals surface area (Å²) in [6, 6.07) is 10.2. The van der Waals surface area contributed by atoms with Crippen LogP contribution in [0.25, 0.3) is 0 Å². The van der Waals surface area contributed by atoms with E-state index in [2.05, 4.69) is 38.5 Å². The molecule has 0 spiro atoms. The Morgan fingerprint density at radius 2 is 2.24 bits per heavy atom. The Morgan fingerprint density at radius 3 is 3.00 bits per heavy atom. The van der Waals surface area contributed by atoms with Crippen LogP contribution in [0.2, 0.25) is 5.02 Å². The summed E-state index contributed by atoms with van der Waals surface area (Å²) in [5, 5.41) is 0.699. The van der Waals surface area contributed by atoms with Crippen LogP contribution in [0.4, 0.5) is 0 Å². The fourth-order valence-electron chi connectivity index (χ4n) is 3.12. The number of aromatic nitrogens is 1. The molecule has 1 aromatic heterocycles. The molecule has 0 aliphatic heterocycles. The molecule has 0 radical (unpaired) electrons. The SMILES string of the molecule is NNC(c1ccc(Br)c(Cl)c1)C1CCCc2cccnc21. The van der Waals surface area contributed by atoms with Gasteiger partial charge in [0.25, 0.3) is 0 Å². The molecule has 5 heteroatoms. The van der Waals surface area contributed by atoms with Crippen LogP contribution < -0.4 is 11.3 Å². The van der Waals surface area contributed by atoms with Gasteiger partial charge in [0.1, 0.15) is 0 Å². The predicted octanol–water partition coefficient (Wildman–Crippen LogP) is 4.12. The maximum atomic E-state index is 6.22. The molecular formula is C16H17BrClN3. The van der Waals surface area contributed by atoms with Crippen molar-refractivity contribution in [1.29, 1.82) is 0 Å². The Labute approximate surface area is 138 Å². The van der Waals surface area contributed by atoms with E-state index in [1.807, 2.05) is 24.4 Å². The smallest absolute Gasteiger partial charge is 0.0551 e. The molecule has 1 aliphatic carbocycles. The summed E-state index contributed by atoms with van der Waals surface area (Å²) in [5.41, 5.74) is 6.54. The van der Waals surface area contributed by atoms with Crippen molar-refractivity contribution in [1.82, 2.24) is 10.4 Å². The van der Waals surface area contributed by atoms with Crippen molar-refractivity contribution in [3.05, 3.63) is 62.8 Å². The van der Waals surface area contributed by atoms with Crippen LogP contribution in [-0.2, 0) is 6.42 Å². The number of hydrogen-bond acceptors (Lipinski definition) is 3. The zero-order valence-electron chi connectivity index (χ0n) is 11.5. The maximum Gasteiger partial charge on any atom is 0.0551 e. The molecule has 0 amide bonds. The van der Waals surface area contributed by atoms with Gasteiger partial charge in [-0.25, -0.2) is 0 Å². The second kappa shape index (κ2) is 6.44. The zero-order chi connectivity index (χ0) is 14.8. The van der Waals surface area contributed by atoms with E-state index in [1.54, 1.807) is 0 Å². The van der Waals surface area contributed by atoms with Gasteiger partial charge < -0.3 is 0 Å². The summed E-state index contributed by atoms with van der Waals surface area (Å²) in [6.45, 7) is 0. The molecule has 0 saturated carbocycles. The second-order valence-electron chi connectivity index (χ2n) is 5.36. The molecule has 1 aliphatic rings. The average molecular weight is 367 g/mol. The van der Waals surface area contributed by atoms with Crippen molar-refractivity contribution < 1.29 is 0 Å². The lowest BCUT2D eigenvalue weighted by molar-refractivity contribution is 0.400. The Balaban J connectivity index is 1.99. The van der Waals surface area contributed by atoms with E-state index < -0.39 is 0 Å². The van der Waals surface area contributed by atoms with Gasteiger partial charge in [0.15, 0.2) is 0 Å². The second-order valence-corrected chi connectivity index (χ2v) is 6.63. The van der Waals surface area contributed by atoms with Crippen LogP contribution in [0.15, 0.2) is 41.0 Å². The molecule has 2 unspecified atom stereocenters. The summed E-state index contributed by atoms with van der Waals surface area (Å²) in [4.78, 5) is 4.60. The van der Waals surface area contributed by atoms with E-state index in [1.165, 1.54) is 5.56 Å². The molecule has 3 nitrogen and oxygen atoms in total. The number of rotatable bonds is 3. The summed E-state index contributed by atoms with van der Waals surface area (Å²) >= 11 is 9.65. The molecule has 0 saturated heterocycles. The zero-order valence-corrected chi connectivity index (χ0v) is 13.9. The minimum Gasteiger partial charge on any atom is -0.271 e. The number of nitrogens with two attached hydrogens (primary N) is 1. The number of hydrogen-bond donors (Lipinski definition) is 2. The first kappa shape index (κ1) is 15.0. The number of aryl methyl sites for hydroxylation is 1. The van der Waals surface area contributed by atoms with E-state index in [-0.39, 0.29) is 12.0 Å². The van der Waals surface area contributed by atoms with Crippen LogP contribution in [0.1, 0.15) is 41.6 Å². The van der Waals surface area contributed by atoms with Crippen molar-refractivity contribution in [2.45, 2.75) is 31.2 Å². The summed E-state index contributed by atoms with van der Waals surface area (Å²) in [6.07, 6.45) is 5.19. The molecule has 2 atom stereocenters. The Kier molecular flexibility index (Phi) is 4.60. The molecule has 3 N–H and O–H groups in total. The number of nitrogens with zero attached hydrogens (tertiary/aromatic N) is 1. The lowest BCUT2D eigenvalue weighted by Gasteiger charge is -2.31. The number of benzene rings is 1. The van der Waals surface area contributed by atoms with Gasteiger partial charge in [0, 0.05) is 22.3 Å². The third kappa shape index (κ3) is 2.99. The van der Waals surface area contributed by atoms with Gasteiger partial charge in [-0.05, 0) is 64.5 Å². The van der Waals surface area contributed by atoms with E-state index in [0.29, 0.717) is 5.02 Å². The molecule has 0 fully saturated rings. The van der Waals surface area contributed by atoms with Crippen LogP contribution in [0.3, 0.4) is 0 Å². The maximum absolute atomic E-state index is 6.22. The van der Waals surface area contributed by atoms with E-state index in [9.17, 15) is 0 Å². The fourth-order valence-corrected chi connectivity index (χ4v) is 3.56. The van der Waals surface area contributed by atoms with Crippen molar-refractivity contribution in [2.24, 2.45) is 5.84 Å². The Morgan fingerprint density at radius 1 is 1.38 bits per heavy atom. The highest BCUT2D eigenvalue weighted by Crippen LogP contribution is 2.39. The van der Waals surface area contributed by atoms with E-state index in [0.717, 1.165) is 35.0 Å². The van der Waals surface area contributed by atoms with Crippen LogP contribution in [0, 0.1) is 0 Å². The third-order valence-electron chi connectivity index (χ3n) is 4.12. The molecular weight excluding hydrogens is 350 g/mol. The van der Waals surface area contributed by atoms with Gasteiger partial charge >= 0.3 is 0 Å². The summed E-state index contributed by atoms with van der Waals surface area (Å²) in [7, 11) is 0. The number of halogens is 2. The normalized spacial score (nSPS) is 19.1. The van der Waals surface area contributed by atoms with Gasteiger partial charge in [0.2, 0.25) is 0 Å². The third-order valence-corrected chi connectivity index (χ3v) is 5.36. The monoisotopic (exact) mass is 365 g/mol. The number of nitrogens with one attached hydrogen (secondary N) is 1. The lowest BCUT2D eigenvalue weighted by Crippen LogP contribution is -2.34. The molecule has 21 heavy (non-hydrogen) atoms. The molecule has 2 aromatic rings. The minimum atomic E-state index is 0.0181. The van der Waals surface area contributed by atoms with E-state index >= 15 is 0 Å². The van der Waals surface area contributed by atoms with Crippen molar-refractivity contribution >= 4 is 27.5 Å². The first-order valence-corrected chi connectivity index (χ1v) is 8.22. The fraction of sp³-hybridized carbons (Fsp3) is 0.312. The molecule has 110 valence electrons. The summed E-state index contributed by atoms with van der Waals surface area (Å²) in [5.74, 6) is 6.12. The molecule has 0 bridgehead atoms. The average Bonchev–Trinajstić information content (AvgIpc) is 2.52. The van der Waals surface area contributed by atoms with Gasteiger partial charge in [-0.1, -0.05) is 23.7 Å². The molecule has 1 heterocycles. The highest BCUT2D eigenvalue weighted by Gasteiger charge is 2.29. The Hall–Kier alpha value is -0.940. The number of hydrazine groups is 1. The predicted molar refractivity (Wildman–Crippen MR) is 89.1 cm³/mol. The highest BCUT2D eigenvalue weighted by molar-refractivity contribution is 9.10. The van der Waals surface area contributed by atoms with Crippen molar-refractivity contribution in [2.75, 3.05) is 0 Å². The van der Waals surface area contributed by atoms with Crippen molar-refractivity contribution in [3.63, 3.8) is 0 Å². The van der Waals surface area contributed by atoms with Gasteiger partial charge in [-0.2, -0.15) is 0 Å². The van der Waals surface area contributed by atoms with Crippen LogP contribution in [0.5, 0.6) is 0 Å². The number of fused-ring (bicyclic) bond motifs is 1. The minimum absolute atomic E-state index is 0.0181. The standard InChI is InChI=1S/C16H17BrClN3/c17-13-7-6-11(9-14(13)18)16(21-19)12-5-1-3-10-4-2-8-20-15(10)12/h2,4,6-9,12,16,21H,1,3,5,19H2. The molecule has 1 aromatic carbocycles. The van der Waals surface area contributed by atoms with E-state index in [4.69, 9.17) is 17.4 Å². The largest absolute Gasteiger partial charge is 0.271 e. The summed E-state index contributed by atoms with van der Waals surface area (Å²) < 4.78 is 0.894. The first-order valence-electron chi connectivity index (χ1n) is 7.05. The molecule has 3 rings (SSSR count). The van der Waals surface area contributed by atoms with Crippen molar-refractivity contribution in [3.8, 4) is 0 Å². The van der Waals surface area contributed by atoms with Gasteiger partial charge in [-0.3, -0.25) is 16.3 Å². The van der Waals surface area contributed by atoms with Crippen LogP contribution >= 0.6 is 27.5 Å². The first-order chi connectivity index (χ1) is 10.2. The lowest BCUT2D eigenvalue weighted by atomic mass is 9.80. The van der Waals surface area contributed by atoms with Gasteiger partial charge in [-0.15, -0.1) is 0 Å². The highest BCUT2D eigenvalue weighted by atomic mass is 79.9. The van der Waals surface area contributed by atoms with Gasteiger partial charge in [0.05, 0.1) is 11.1 Å². The Bertz CT molecular complexity index is 647. The van der Waals surface area contributed by atoms with Crippen LogP contribution in [-0.4, -0.2) is 4.98 Å². The topological polar surface area (TPSA) is 50.9 Å².